The number of nitrogens with one attached hydrogen (secondary N) is 2. The van der Waals surface area contributed by atoms with Crippen LogP contribution in [0.1, 0.15) is 65.2 Å². The van der Waals surface area contributed by atoms with Gasteiger partial charge in [-0.25, -0.2) is 4.79 Å². The van der Waals surface area contributed by atoms with Crippen LogP contribution in [0.15, 0.2) is 0 Å². The molecule has 0 radical (unpaired) electrons. The summed E-state index contributed by atoms with van der Waals surface area (Å²) < 4.78 is 4.92. The summed E-state index contributed by atoms with van der Waals surface area (Å²) >= 11 is 0. The smallest absolute Gasteiger partial charge is 0.408 e. The first-order chi connectivity index (χ1) is 10.8. The molecule has 1 aliphatic rings. The summed E-state index contributed by atoms with van der Waals surface area (Å²) in [6.07, 6.45) is 6.95. The maximum Gasteiger partial charge on any atom is 0.408 e. The molecule has 1 fully saturated rings. The van der Waals surface area contributed by atoms with Crippen LogP contribution in [0.25, 0.3) is 0 Å². The van der Waals surface area contributed by atoms with Gasteiger partial charge in [0.25, 0.3) is 5.91 Å². The first-order valence-electron chi connectivity index (χ1n) is 8.37. The van der Waals surface area contributed by atoms with Crippen LogP contribution in [0.4, 0.5) is 4.79 Å². The fourth-order valence-corrected chi connectivity index (χ4v) is 2.47. The molecule has 0 heterocycles. The summed E-state index contributed by atoms with van der Waals surface area (Å²) in [5.74, 6) is -0.624. The Bertz CT molecular complexity index is 418. The minimum Gasteiger partial charge on any atom is -0.433 e. The predicted molar refractivity (Wildman–Crippen MR) is 86.6 cm³/mol. The van der Waals surface area contributed by atoms with E-state index in [2.05, 4.69) is 10.6 Å². The van der Waals surface area contributed by atoms with Crippen LogP contribution >= 0.6 is 0 Å². The van der Waals surface area contributed by atoms with Crippen molar-refractivity contribution in [2.45, 2.75) is 76.9 Å². The fourth-order valence-electron chi connectivity index (χ4n) is 2.47. The van der Waals surface area contributed by atoms with Crippen molar-refractivity contribution in [1.82, 2.24) is 10.6 Å². The monoisotopic (exact) mass is 327 g/mol. The molecule has 0 spiro atoms. The molecule has 1 rings (SSSR count). The number of hydrogen-bond acceptors (Lipinski definition) is 4. The Morgan fingerprint density at radius 3 is 2.39 bits per heavy atom. The molecule has 0 aliphatic heterocycles. The van der Waals surface area contributed by atoms with E-state index in [0.717, 1.165) is 12.8 Å². The van der Waals surface area contributed by atoms with Crippen LogP contribution in [-0.2, 0) is 14.3 Å². The van der Waals surface area contributed by atoms with Crippen LogP contribution in [0.2, 0.25) is 0 Å². The number of alkyl carbamates (subject to hydrolysis) is 1. The third kappa shape index (κ3) is 7.85. The van der Waals surface area contributed by atoms with Crippen LogP contribution in [0.5, 0.6) is 0 Å². The Morgan fingerprint density at radius 1 is 1.13 bits per heavy atom. The number of carbonyl (C=O) groups is 3. The van der Waals surface area contributed by atoms with Gasteiger partial charge >= 0.3 is 6.09 Å². The van der Waals surface area contributed by atoms with Gasteiger partial charge in [-0.3, -0.25) is 9.59 Å². The van der Waals surface area contributed by atoms with Crippen molar-refractivity contribution in [2.75, 3.05) is 6.54 Å². The number of primary amides is 1. The summed E-state index contributed by atoms with van der Waals surface area (Å²) in [5, 5.41) is 5.61. The second-order valence-corrected chi connectivity index (χ2v) is 6.55. The van der Waals surface area contributed by atoms with E-state index in [4.69, 9.17) is 10.5 Å². The summed E-state index contributed by atoms with van der Waals surface area (Å²) in [7, 11) is 0. The average molecular weight is 327 g/mol. The van der Waals surface area contributed by atoms with Crippen LogP contribution in [-0.4, -0.2) is 36.1 Å². The Hall–Kier alpha value is -1.79. The molecule has 0 unspecified atom stereocenters. The van der Waals surface area contributed by atoms with Gasteiger partial charge in [-0.2, -0.15) is 0 Å². The van der Waals surface area contributed by atoms with Gasteiger partial charge in [0, 0.05) is 19.0 Å². The number of ether oxygens (including phenoxy) is 1. The molecule has 23 heavy (non-hydrogen) atoms. The molecular weight excluding hydrogens is 298 g/mol. The minimum absolute atomic E-state index is 0.0781. The van der Waals surface area contributed by atoms with E-state index in [-0.39, 0.29) is 5.91 Å². The van der Waals surface area contributed by atoms with Gasteiger partial charge in [-0.15, -0.1) is 0 Å². The zero-order chi connectivity index (χ0) is 17.3. The number of carbonyl (C=O) groups excluding carboxylic acids is 3. The zero-order valence-corrected chi connectivity index (χ0v) is 14.2. The number of nitrogens with two attached hydrogens (primary N) is 1. The topological polar surface area (TPSA) is 111 Å². The van der Waals surface area contributed by atoms with Gasteiger partial charge in [-0.1, -0.05) is 19.3 Å². The minimum atomic E-state index is -1.33. The van der Waals surface area contributed by atoms with E-state index in [0.29, 0.717) is 31.8 Å². The highest BCUT2D eigenvalue weighted by Gasteiger charge is 2.29. The highest BCUT2D eigenvalue weighted by atomic mass is 16.6. The van der Waals surface area contributed by atoms with Gasteiger partial charge in [0.1, 0.15) is 0 Å². The van der Waals surface area contributed by atoms with E-state index < -0.39 is 17.6 Å². The summed E-state index contributed by atoms with van der Waals surface area (Å²) in [4.78, 5) is 34.3. The Morgan fingerprint density at radius 2 is 1.78 bits per heavy atom. The molecule has 1 saturated carbocycles. The molecule has 0 bridgehead atoms. The lowest BCUT2D eigenvalue weighted by Crippen LogP contribution is -2.44. The molecule has 0 aromatic rings. The first kappa shape index (κ1) is 19.3. The highest BCUT2D eigenvalue weighted by molar-refractivity contribution is 5.85. The second kappa shape index (κ2) is 9.37. The third-order valence-electron chi connectivity index (χ3n) is 4.01. The second-order valence-electron chi connectivity index (χ2n) is 6.55. The molecule has 3 amide bonds. The van der Waals surface area contributed by atoms with Gasteiger partial charge < -0.3 is 21.1 Å². The largest absolute Gasteiger partial charge is 0.433 e. The predicted octanol–water partition coefficient (Wildman–Crippen LogP) is 1.60. The molecular formula is C16H29N3O4. The molecule has 132 valence electrons. The Kier molecular flexibility index (Phi) is 7.85. The van der Waals surface area contributed by atoms with E-state index in [1.54, 1.807) is 0 Å². The maximum atomic E-state index is 11.8. The SMILES string of the molecule is CC(C)(OC(=O)NCCCCC(=O)NC1CCCCC1)C(N)=O. The Labute approximate surface area is 137 Å². The lowest BCUT2D eigenvalue weighted by molar-refractivity contribution is -0.133. The molecule has 0 atom stereocenters. The Balaban J connectivity index is 2.07. The number of unbranched alkanes of at least 4 members (excludes halogenated alkanes) is 1. The molecule has 1 aliphatic carbocycles. The average Bonchev–Trinajstić information content (AvgIpc) is 2.47. The molecule has 7 nitrogen and oxygen atoms in total. The lowest BCUT2D eigenvalue weighted by atomic mass is 9.95. The normalized spacial score (nSPS) is 15.7. The first-order valence-corrected chi connectivity index (χ1v) is 8.37. The molecule has 4 N–H and O–H groups in total. The molecule has 0 aromatic carbocycles. The summed E-state index contributed by atoms with van der Waals surface area (Å²) in [5.41, 5.74) is 3.79. The van der Waals surface area contributed by atoms with Crippen LogP contribution in [0, 0.1) is 0 Å². The van der Waals surface area contributed by atoms with Crippen LogP contribution in [0.3, 0.4) is 0 Å². The van der Waals surface area contributed by atoms with Gasteiger partial charge in [-0.05, 0) is 39.5 Å². The van der Waals surface area contributed by atoms with Gasteiger partial charge in [0.2, 0.25) is 5.91 Å². The van der Waals surface area contributed by atoms with Crippen molar-refractivity contribution in [3.63, 3.8) is 0 Å². The number of hydrogen-bond donors (Lipinski definition) is 3. The van der Waals surface area contributed by atoms with Gasteiger partial charge in [0.05, 0.1) is 0 Å². The van der Waals surface area contributed by atoms with E-state index in [1.807, 2.05) is 0 Å². The van der Waals surface area contributed by atoms with Crippen molar-refractivity contribution in [1.29, 1.82) is 0 Å². The maximum absolute atomic E-state index is 11.8. The lowest BCUT2D eigenvalue weighted by Gasteiger charge is -2.22. The van der Waals surface area contributed by atoms with Crippen molar-refractivity contribution in [2.24, 2.45) is 5.73 Å². The standard InChI is InChI=1S/C16H29N3O4/c1-16(2,14(17)21)23-15(22)18-11-7-6-10-13(20)19-12-8-4-3-5-9-12/h12H,3-11H2,1-2H3,(H2,17,21)(H,18,22)(H,19,20). The van der Waals surface area contributed by atoms with E-state index >= 15 is 0 Å². The summed E-state index contributed by atoms with van der Waals surface area (Å²) in [6.45, 7) is 3.26. The van der Waals surface area contributed by atoms with Crippen molar-refractivity contribution in [3.05, 3.63) is 0 Å². The van der Waals surface area contributed by atoms with Crippen molar-refractivity contribution >= 4 is 17.9 Å². The molecule has 7 heteroatoms. The van der Waals surface area contributed by atoms with E-state index in [1.165, 1.54) is 33.1 Å². The van der Waals surface area contributed by atoms with Crippen molar-refractivity contribution in [3.8, 4) is 0 Å². The van der Waals surface area contributed by atoms with E-state index in [9.17, 15) is 14.4 Å². The van der Waals surface area contributed by atoms with Gasteiger partial charge in [0.15, 0.2) is 5.60 Å². The quantitative estimate of drug-likeness (QED) is 0.588. The molecule has 0 aromatic heterocycles. The zero-order valence-electron chi connectivity index (χ0n) is 14.2. The van der Waals surface area contributed by atoms with Crippen LogP contribution < -0.4 is 16.4 Å². The molecule has 0 saturated heterocycles. The fraction of sp³-hybridized carbons (Fsp3) is 0.812. The number of rotatable bonds is 8. The summed E-state index contributed by atoms with van der Waals surface area (Å²) in [6, 6.07) is 0.334. The van der Waals surface area contributed by atoms with Crippen molar-refractivity contribution < 1.29 is 19.1 Å². The number of amides is 3. The third-order valence-corrected chi connectivity index (χ3v) is 4.01. The highest BCUT2D eigenvalue weighted by Crippen LogP contribution is 2.17.